The van der Waals surface area contributed by atoms with Crippen molar-refractivity contribution in [3.05, 3.63) is 18.6 Å². The van der Waals surface area contributed by atoms with Gasteiger partial charge in [0.15, 0.2) is 0 Å². The van der Waals surface area contributed by atoms with Crippen LogP contribution in [0.2, 0.25) is 0 Å². The van der Waals surface area contributed by atoms with E-state index < -0.39 is 21.2 Å². The zero-order chi connectivity index (χ0) is 20.0. The number of rotatable bonds is 6. The normalized spacial score (nSPS) is 32.3. The molecule has 5 rings (SSSR count). The number of ether oxygens (including phenoxy) is 1. The van der Waals surface area contributed by atoms with Crippen molar-refractivity contribution < 1.29 is 17.9 Å². The number of sulfonamides is 1. The second-order valence-corrected chi connectivity index (χ2v) is 10.4. The molecule has 0 radical (unpaired) electrons. The summed E-state index contributed by atoms with van der Waals surface area (Å²) in [5.74, 6) is 0.209. The molecule has 4 fully saturated rings. The zero-order valence-electron chi connectivity index (χ0n) is 16.8. The van der Waals surface area contributed by atoms with Gasteiger partial charge in [0.05, 0.1) is 24.3 Å². The van der Waals surface area contributed by atoms with Crippen molar-refractivity contribution in [2.75, 3.05) is 44.2 Å². The SMILES string of the molecule is Cl.O=C1C2C3CCC(O3)C2S(=O)(=O)N1CCCCN1CCN(c2cnccn2)CC1. The Bertz CT molecular complexity index is 865. The van der Waals surface area contributed by atoms with Gasteiger partial charge in [-0.15, -0.1) is 12.4 Å². The van der Waals surface area contributed by atoms with Crippen LogP contribution >= 0.6 is 12.4 Å². The molecule has 0 saturated carbocycles. The van der Waals surface area contributed by atoms with Crippen molar-refractivity contribution in [1.82, 2.24) is 19.2 Å². The Hall–Kier alpha value is -1.49. The van der Waals surface area contributed by atoms with Crippen molar-refractivity contribution in [3.8, 4) is 0 Å². The summed E-state index contributed by atoms with van der Waals surface area (Å²) in [6, 6.07) is 0. The van der Waals surface area contributed by atoms with E-state index in [0.29, 0.717) is 13.0 Å². The number of hydrogen-bond acceptors (Lipinski definition) is 8. The molecule has 5 heterocycles. The highest BCUT2D eigenvalue weighted by Gasteiger charge is 2.65. The highest BCUT2D eigenvalue weighted by atomic mass is 35.5. The lowest BCUT2D eigenvalue weighted by Crippen LogP contribution is -2.47. The molecule has 11 heteroatoms. The molecule has 9 nitrogen and oxygen atoms in total. The van der Waals surface area contributed by atoms with Crippen LogP contribution in [-0.2, 0) is 19.6 Å². The second-order valence-electron chi connectivity index (χ2n) is 8.34. The largest absolute Gasteiger partial charge is 0.373 e. The molecule has 166 valence electrons. The third-order valence-electron chi connectivity index (χ3n) is 6.72. The molecular weight excluding hydrogens is 430 g/mol. The minimum absolute atomic E-state index is 0. The molecule has 0 aliphatic carbocycles. The fourth-order valence-electron chi connectivity index (χ4n) is 5.24. The molecule has 2 bridgehead atoms. The molecule has 0 aromatic carbocycles. The number of anilines is 1. The second kappa shape index (κ2) is 8.57. The topological polar surface area (TPSA) is 95.9 Å². The van der Waals surface area contributed by atoms with Crippen molar-refractivity contribution >= 4 is 34.2 Å². The van der Waals surface area contributed by atoms with Crippen LogP contribution in [0.4, 0.5) is 5.82 Å². The first-order chi connectivity index (χ1) is 14.1. The Morgan fingerprint density at radius 2 is 1.77 bits per heavy atom. The number of amides is 1. The minimum atomic E-state index is -3.56. The lowest BCUT2D eigenvalue weighted by Gasteiger charge is -2.35. The molecule has 0 N–H and O–H groups in total. The molecule has 4 aliphatic heterocycles. The van der Waals surface area contributed by atoms with Crippen LogP contribution < -0.4 is 4.90 Å². The van der Waals surface area contributed by atoms with Crippen molar-refractivity contribution in [2.45, 2.75) is 43.1 Å². The van der Waals surface area contributed by atoms with E-state index in [1.807, 2.05) is 0 Å². The lowest BCUT2D eigenvalue weighted by atomic mass is 9.88. The quantitative estimate of drug-likeness (QED) is 0.570. The van der Waals surface area contributed by atoms with Crippen LogP contribution in [0.15, 0.2) is 18.6 Å². The highest BCUT2D eigenvalue weighted by Crippen LogP contribution is 2.48. The van der Waals surface area contributed by atoms with E-state index in [9.17, 15) is 13.2 Å². The number of piperazine rings is 1. The van der Waals surface area contributed by atoms with E-state index in [2.05, 4.69) is 19.8 Å². The molecular formula is C19H28ClN5O4S. The first kappa shape index (κ1) is 21.7. The summed E-state index contributed by atoms with van der Waals surface area (Å²) in [5, 5.41) is -0.636. The monoisotopic (exact) mass is 457 g/mol. The van der Waals surface area contributed by atoms with Gasteiger partial charge < -0.3 is 9.64 Å². The summed E-state index contributed by atoms with van der Waals surface area (Å²) in [7, 11) is -3.56. The summed E-state index contributed by atoms with van der Waals surface area (Å²) in [6.45, 7) is 4.92. The van der Waals surface area contributed by atoms with Crippen molar-refractivity contribution in [1.29, 1.82) is 0 Å². The van der Waals surface area contributed by atoms with Crippen molar-refractivity contribution in [2.24, 2.45) is 5.92 Å². The summed E-state index contributed by atoms with van der Waals surface area (Å²) in [4.78, 5) is 25.8. The Labute approximate surface area is 183 Å². The maximum absolute atomic E-state index is 12.8. The van der Waals surface area contributed by atoms with Gasteiger partial charge in [-0.05, 0) is 32.2 Å². The van der Waals surface area contributed by atoms with Crippen LogP contribution in [0.3, 0.4) is 0 Å². The first-order valence-corrected chi connectivity index (χ1v) is 12.0. The van der Waals surface area contributed by atoms with Crippen LogP contribution in [-0.4, -0.2) is 90.2 Å². The number of hydrogen-bond donors (Lipinski definition) is 0. The number of carbonyl (C=O) groups excluding carboxylic acids is 1. The maximum atomic E-state index is 12.8. The number of nitrogens with zero attached hydrogens (tertiary/aromatic N) is 5. The minimum Gasteiger partial charge on any atom is -0.373 e. The summed E-state index contributed by atoms with van der Waals surface area (Å²) in [6.07, 6.45) is 7.84. The van der Waals surface area contributed by atoms with Crippen LogP contribution in [0.25, 0.3) is 0 Å². The zero-order valence-corrected chi connectivity index (χ0v) is 18.4. The van der Waals surface area contributed by atoms with Gasteiger partial charge in [-0.3, -0.25) is 14.7 Å². The molecule has 4 unspecified atom stereocenters. The molecule has 1 aromatic rings. The molecule has 0 spiro atoms. The predicted molar refractivity (Wildman–Crippen MR) is 113 cm³/mol. The molecule has 4 atom stereocenters. The average molecular weight is 458 g/mol. The standard InChI is InChI=1S/C19H27N5O4S.ClH/c25-19-17-14-3-4-15(28-14)18(17)29(26,27)24(19)8-2-1-7-22-9-11-23(12-10-22)16-13-20-5-6-21-16;/h5-6,13-15,17-18H,1-4,7-12H2;1H. The van der Waals surface area contributed by atoms with E-state index in [1.165, 1.54) is 0 Å². The number of fused-ring (bicyclic) bond motifs is 5. The fraction of sp³-hybridized carbons (Fsp3) is 0.737. The Balaban J connectivity index is 0.00000218. The van der Waals surface area contributed by atoms with Gasteiger partial charge >= 0.3 is 0 Å². The summed E-state index contributed by atoms with van der Waals surface area (Å²) >= 11 is 0. The number of unbranched alkanes of at least 4 members (excludes halogenated alkanes) is 1. The maximum Gasteiger partial charge on any atom is 0.243 e. The van der Waals surface area contributed by atoms with Gasteiger partial charge in [-0.25, -0.2) is 17.7 Å². The van der Waals surface area contributed by atoms with Gasteiger partial charge in [0.1, 0.15) is 11.1 Å². The number of halogens is 1. The van der Waals surface area contributed by atoms with Crippen LogP contribution in [0, 0.1) is 5.92 Å². The Morgan fingerprint density at radius 1 is 1.03 bits per heavy atom. The third-order valence-corrected chi connectivity index (χ3v) is 8.98. The van der Waals surface area contributed by atoms with Gasteiger partial charge in [0.25, 0.3) is 0 Å². The molecule has 4 saturated heterocycles. The fourth-order valence-corrected chi connectivity index (χ4v) is 7.53. The molecule has 4 aliphatic rings. The smallest absolute Gasteiger partial charge is 0.243 e. The number of aromatic nitrogens is 2. The van der Waals surface area contributed by atoms with Gasteiger partial charge in [-0.1, -0.05) is 0 Å². The van der Waals surface area contributed by atoms with E-state index >= 15 is 0 Å². The predicted octanol–water partition coefficient (Wildman–Crippen LogP) is 0.519. The van der Waals surface area contributed by atoms with E-state index in [-0.39, 0.29) is 30.5 Å². The Kier molecular flexibility index (Phi) is 6.20. The number of carbonyl (C=O) groups is 1. The average Bonchev–Trinajstić information content (AvgIpc) is 3.41. The molecule has 1 amide bonds. The third kappa shape index (κ3) is 3.68. The van der Waals surface area contributed by atoms with E-state index in [0.717, 1.165) is 62.1 Å². The molecule has 1 aromatic heterocycles. The van der Waals surface area contributed by atoms with Crippen molar-refractivity contribution in [3.63, 3.8) is 0 Å². The lowest BCUT2D eigenvalue weighted by molar-refractivity contribution is -0.130. The summed E-state index contributed by atoms with van der Waals surface area (Å²) in [5.41, 5.74) is 0. The molecule has 30 heavy (non-hydrogen) atoms. The first-order valence-electron chi connectivity index (χ1n) is 10.5. The van der Waals surface area contributed by atoms with Crippen LogP contribution in [0.5, 0.6) is 0 Å². The Morgan fingerprint density at radius 3 is 2.47 bits per heavy atom. The summed E-state index contributed by atoms with van der Waals surface area (Å²) < 4.78 is 32.5. The van der Waals surface area contributed by atoms with Gasteiger partial charge in [-0.2, -0.15) is 0 Å². The van der Waals surface area contributed by atoms with E-state index in [4.69, 9.17) is 4.74 Å². The van der Waals surface area contributed by atoms with Crippen LogP contribution in [0.1, 0.15) is 25.7 Å². The van der Waals surface area contributed by atoms with Gasteiger partial charge in [0.2, 0.25) is 15.9 Å². The highest BCUT2D eigenvalue weighted by molar-refractivity contribution is 7.90. The van der Waals surface area contributed by atoms with Gasteiger partial charge in [0, 0.05) is 45.1 Å². The van der Waals surface area contributed by atoms with E-state index in [1.54, 1.807) is 18.6 Å².